The molecule has 1 N–H and O–H groups in total. The van der Waals surface area contributed by atoms with Crippen molar-refractivity contribution in [2.24, 2.45) is 5.92 Å². The summed E-state index contributed by atoms with van der Waals surface area (Å²) in [7, 11) is 3.39. The molecule has 0 radical (unpaired) electrons. The molecule has 0 atom stereocenters. The van der Waals surface area contributed by atoms with E-state index in [1.54, 1.807) is 26.3 Å². The van der Waals surface area contributed by atoms with Crippen LogP contribution in [0.4, 0.5) is 5.82 Å². The number of aromatic nitrogens is 3. The van der Waals surface area contributed by atoms with Gasteiger partial charge in [-0.15, -0.1) is 0 Å². The normalized spacial score (nSPS) is 12.0. The van der Waals surface area contributed by atoms with Gasteiger partial charge >= 0.3 is 0 Å². The molecule has 0 bridgehead atoms. The molecule has 0 fully saturated rings. The number of methoxy groups -OCH3 is 1. The Hall–Kier alpha value is -2.69. The van der Waals surface area contributed by atoms with E-state index < -0.39 is 0 Å². The number of fused-ring (bicyclic) bond motifs is 1. The Morgan fingerprint density at radius 1 is 1.17 bits per heavy atom. The lowest BCUT2D eigenvalue weighted by Gasteiger charge is -2.13. The number of allylic oxidation sites excluding steroid dienone is 4. The molecule has 0 amide bonds. The smallest absolute Gasteiger partial charge is 0.213 e. The number of pyridine rings is 1. The van der Waals surface area contributed by atoms with Crippen LogP contribution in [0.1, 0.15) is 19.7 Å². The van der Waals surface area contributed by atoms with Gasteiger partial charge in [-0.1, -0.05) is 39.2 Å². The number of hydrogen-bond donors (Lipinski definition) is 1. The van der Waals surface area contributed by atoms with Crippen molar-refractivity contribution in [3.63, 3.8) is 0 Å². The highest BCUT2D eigenvalue weighted by atomic mass is 16.5. The third kappa shape index (κ3) is 3.23. The lowest BCUT2D eigenvalue weighted by Crippen LogP contribution is -2.05. The van der Waals surface area contributed by atoms with Gasteiger partial charge in [-0.25, -0.2) is 15.0 Å². The Kier molecular flexibility index (Phi) is 5.11. The van der Waals surface area contributed by atoms with E-state index in [0.29, 0.717) is 29.0 Å². The third-order valence-corrected chi connectivity index (χ3v) is 3.56. The number of nitrogens with zero attached hydrogens (tertiary/aromatic N) is 3. The highest BCUT2D eigenvalue weighted by Crippen LogP contribution is 2.27. The second-order valence-corrected chi connectivity index (χ2v) is 5.30. The molecular weight excluding hydrogens is 288 g/mol. The molecule has 0 spiro atoms. The van der Waals surface area contributed by atoms with Crippen LogP contribution in [0.2, 0.25) is 0 Å². The third-order valence-electron chi connectivity index (χ3n) is 3.56. The average Bonchev–Trinajstić information content (AvgIpc) is 2.57. The topological polar surface area (TPSA) is 59.9 Å². The maximum absolute atomic E-state index is 5.17. The average molecular weight is 310 g/mol. The molecule has 5 nitrogen and oxygen atoms in total. The molecule has 2 heterocycles. The van der Waals surface area contributed by atoms with Gasteiger partial charge in [-0.05, 0) is 17.6 Å². The molecule has 0 saturated heterocycles. The van der Waals surface area contributed by atoms with Crippen molar-refractivity contribution in [3.8, 4) is 5.88 Å². The molecule has 2 aromatic rings. The number of rotatable bonds is 6. The fourth-order valence-corrected chi connectivity index (χ4v) is 2.40. The zero-order valence-corrected chi connectivity index (χ0v) is 14.1. The van der Waals surface area contributed by atoms with Crippen LogP contribution < -0.4 is 10.1 Å². The molecule has 0 saturated carbocycles. The predicted molar refractivity (Wildman–Crippen MR) is 95.6 cm³/mol. The maximum Gasteiger partial charge on any atom is 0.213 e. The minimum Gasteiger partial charge on any atom is -0.481 e. The van der Waals surface area contributed by atoms with E-state index in [1.807, 2.05) is 12.1 Å². The quantitative estimate of drug-likeness (QED) is 0.821. The van der Waals surface area contributed by atoms with Gasteiger partial charge in [-0.3, -0.25) is 0 Å². The number of nitrogens with one attached hydrogen (secondary N) is 1. The van der Waals surface area contributed by atoms with E-state index in [4.69, 9.17) is 4.74 Å². The first kappa shape index (κ1) is 16.7. The minimum atomic E-state index is 0.298. The van der Waals surface area contributed by atoms with Crippen LogP contribution in [-0.4, -0.2) is 29.1 Å². The summed E-state index contributed by atoms with van der Waals surface area (Å²) in [5.74, 6) is 2.08. The standard InChI is InChI=1S/C18H22N4O/c1-7-12(11(3)4)13(8-2)17-20-14-9-10-15(23-6)21-16(14)18(19-5)22-17/h7-11H,1-2H2,3-6H3,(H,19,20,22)/b13-12-. The zero-order chi connectivity index (χ0) is 17.0. The molecule has 0 aliphatic heterocycles. The van der Waals surface area contributed by atoms with Crippen molar-refractivity contribution < 1.29 is 4.74 Å². The van der Waals surface area contributed by atoms with Crippen LogP contribution in [0.25, 0.3) is 16.6 Å². The molecule has 5 heteroatoms. The SMILES string of the molecule is C=C/C(=C(\C=C)C(C)C)c1nc(NC)c2nc(OC)ccc2n1. The maximum atomic E-state index is 5.17. The van der Waals surface area contributed by atoms with Gasteiger partial charge in [0.05, 0.1) is 12.6 Å². The molecule has 0 unspecified atom stereocenters. The van der Waals surface area contributed by atoms with Crippen LogP contribution in [0.5, 0.6) is 5.88 Å². The Morgan fingerprint density at radius 3 is 2.43 bits per heavy atom. The van der Waals surface area contributed by atoms with Crippen LogP contribution in [0, 0.1) is 5.92 Å². The van der Waals surface area contributed by atoms with E-state index in [0.717, 1.165) is 16.7 Å². The van der Waals surface area contributed by atoms with E-state index in [9.17, 15) is 0 Å². The van der Waals surface area contributed by atoms with Gasteiger partial charge in [0.1, 0.15) is 5.52 Å². The van der Waals surface area contributed by atoms with Gasteiger partial charge in [0.25, 0.3) is 0 Å². The highest BCUT2D eigenvalue weighted by Gasteiger charge is 2.14. The summed E-state index contributed by atoms with van der Waals surface area (Å²) in [4.78, 5) is 13.7. The molecule has 0 aliphatic rings. The highest BCUT2D eigenvalue weighted by molar-refractivity contribution is 5.88. The summed E-state index contributed by atoms with van der Waals surface area (Å²) in [6.07, 6.45) is 3.61. The fraction of sp³-hybridized carbons (Fsp3) is 0.278. The van der Waals surface area contributed by atoms with Gasteiger partial charge in [-0.2, -0.15) is 0 Å². The molecular formula is C18H22N4O. The van der Waals surface area contributed by atoms with Gasteiger partial charge in [0.2, 0.25) is 5.88 Å². The number of anilines is 1. The summed E-state index contributed by atoms with van der Waals surface area (Å²) >= 11 is 0. The van der Waals surface area contributed by atoms with E-state index >= 15 is 0 Å². The largest absolute Gasteiger partial charge is 0.481 e. The predicted octanol–water partition coefficient (Wildman–Crippen LogP) is 3.86. The van der Waals surface area contributed by atoms with Crippen molar-refractivity contribution >= 4 is 22.4 Å². The molecule has 2 rings (SSSR count). The zero-order valence-electron chi connectivity index (χ0n) is 14.1. The van der Waals surface area contributed by atoms with Crippen molar-refractivity contribution in [1.29, 1.82) is 0 Å². The molecule has 23 heavy (non-hydrogen) atoms. The molecule has 0 aliphatic carbocycles. The van der Waals surface area contributed by atoms with E-state index in [1.165, 1.54) is 0 Å². The van der Waals surface area contributed by atoms with E-state index in [2.05, 4.69) is 47.3 Å². The van der Waals surface area contributed by atoms with Crippen LogP contribution in [0.15, 0.2) is 43.0 Å². The Bertz CT molecular complexity index is 778. The van der Waals surface area contributed by atoms with Crippen molar-refractivity contribution in [3.05, 3.63) is 48.8 Å². The van der Waals surface area contributed by atoms with Gasteiger partial charge < -0.3 is 10.1 Å². The summed E-state index contributed by atoms with van der Waals surface area (Å²) < 4.78 is 5.17. The molecule has 0 aromatic carbocycles. The van der Waals surface area contributed by atoms with Crippen molar-refractivity contribution in [2.75, 3.05) is 19.5 Å². The van der Waals surface area contributed by atoms with E-state index in [-0.39, 0.29) is 0 Å². The fourth-order valence-electron chi connectivity index (χ4n) is 2.40. The first-order valence-corrected chi connectivity index (χ1v) is 7.45. The number of hydrogen-bond acceptors (Lipinski definition) is 5. The van der Waals surface area contributed by atoms with Gasteiger partial charge in [0, 0.05) is 18.7 Å². The Labute approximate surface area is 136 Å². The summed E-state index contributed by atoms with van der Waals surface area (Å²) in [5.41, 5.74) is 3.35. The molecule has 120 valence electrons. The number of ether oxygens (including phenoxy) is 1. The second-order valence-electron chi connectivity index (χ2n) is 5.30. The Morgan fingerprint density at radius 2 is 1.91 bits per heavy atom. The summed E-state index contributed by atoms with van der Waals surface area (Å²) in [6, 6.07) is 3.66. The van der Waals surface area contributed by atoms with Gasteiger partial charge in [0.15, 0.2) is 11.6 Å². The summed E-state index contributed by atoms with van der Waals surface area (Å²) in [6.45, 7) is 12.0. The lowest BCUT2D eigenvalue weighted by atomic mass is 9.96. The van der Waals surface area contributed by atoms with Crippen molar-refractivity contribution in [1.82, 2.24) is 15.0 Å². The monoisotopic (exact) mass is 310 g/mol. The van der Waals surface area contributed by atoms with Crippen LogP contribution in [-0.2, 0) is 0 Å². The summed E-state index contributed by atoms with van der Waals surface area (Å²) in [5, 5.41) is 3.07. The van der Waals surface area contributed by atoms with Crippen molar-refractivity contribution in [2.45, 2.75) is 13.8 Å². The van der Waals surface area contributed by atoms with Crippen LogP contribution in [0.3, 0.4) is 0 Å². The Balaban J connectivity index is 2.76. The molecule has 2 aromatic heterocycles. The second kappa shape index (κ2) is 7.05. The lowest BCUT2D eigenvalue weighted by molar-refractivity contribution is 0.399. The van der Waals surface area contributed by atoms with Crippen LogP contribution >= 0.6 is 0 Å². The first-order chi connectivity index (χ1) is 11.0. The first-order valence-electron chi connectivity index (χ1n) is 7.45. The minimum absolute atomic E-state index is 0.298.